The van der Waals surface area contributed by atoms with E-state index in [0.717, 1.165) is 12.4 Å². The van der Waals surface area contributed by atoms with Gasteiger partial charge < -0.3 is 10.6 Å². The number of benzene rings is 2. The van der Waals surface area contributed by atoms with Crippen molar-refractivity contribution in [3.8, 4) is 0 Å². The summed E-state index contributed by atoms with van der Waals surface area (Å²) in [4.78, 5) is 4.89. The smallest absolute Gasteiger partial charge is 0.243 e. The van der Waals surface area contributed by atoms with Crippen LogP contribution in [0.15, 0.2) is 58.4 Å². The largest absolute Gasteiger partial charge is 0.368 e. The summed E-state index contributed by atoms with van der Waals surface area (Å²) < 4.78 is 41.4. The lowest BCUT2D eigenvalue weighted by atomic mass is 9.85. The van der Waals surface area contributed by atoms with Gasteiger partial charge in [0.2, 0.25) is 10.0 Å². The number of hydrogen-bond donors (Lipinski definition) is 2. The molecule has 0 amide bonds. The van der Waals surface area contributed by atoms with Crippen molar-refractivity contribution in [3.63, 3.8) is 0 Å². The molecule has 168 valence electrons. The second kappa shape index (κ2) is 9.83. The zero-order chi connectivity index (χ0) is 21.2. The van der Waals surface area contributed by atoms with Crippen LogP contribution in [0.4, 0.5) is 4.39 Å². The lowest BCUT2D eigenvalue weighted by Gasteiger charge is -2.44. The number of nitrogens with one attached hydrogen (secondary N) is 2. The molecule has 2 N–H and O–H groups in total. The molecule has 0 unspecified atom stereocenters. The van der Waals surface area contributed by atoms with E-state index in [4.69, 9.17) is 11.6 Å². The normalized spacial score (nSPS) is 18.8. The molecule has 0 aromatic heterocycles. The van der Waals surface area contributed by atoms with Crippen LogP contribution in [0.2, 0.25) is 5.02 Å². The highest BCUT2D eigenvalue weighted by molar-refractivity contribution is 7.89. The Bertz CT molecular complexity index is 1040. The van der Waals surface area contributed by atoms with Gasteiger partial charge in [-0.15, -0.1) is 12.4 Å². The molecule has 10 heteroatoms. The van der Waals surface area contributed by atoms with Gasteiger partial charge in [0.25, 0.3) is 0 Å². The molecule has 0 bridgehead atoms. The minimum absolute atomic E-state index is 0. The van der Waals surface area contributed by atoms with Crippen molar-refractivity contribution < 1.29 is 12.8 Å². The standard InChI is InChI=1S/C21H24ClFN4O2S.ClH/c22-17-5-7-18(8-6-17)30(28,29)27-13-9-21(10-14-27)20(24-11-12-26-21)25-15-16-3-1-2-4-19(16)23;/h1-8,26H,9-15H2,(H,24,25);1H. The van der Waals surface area contributed by atoms with E-state index < -0.39 is 15.6 Å². The Morgan fingerprint density at radius 2 is 1.81 bits per heavy atom. The van der Waals surface area contributed by atoms with Gasteiger partial charge in [-0.2, -0.15) is 4.31 Å². The molecule has 1 spiro atoms. The fourth-order valence-corrected chi connectivity index (χ4v) is 5.59. The maximum Gasteiger partial charge on any atom is 0.243 e. The number of amidine groups is 1. The highest BCUT2D eigenvalue weighted by Crippen LogP contribution is 2.29. The quantitative estimate of drug-likeness (QED) is 0.695. The van der Waals surface area contributed by atoms with Crippen molar-refractivity contribution in [2.45, 2.75) is 29.8 Å². The van der Waals surface area contributed by atoms with Crippen LogP contribution in [0.5, 0.6) is 0 Å². The molecule has 1 saturated heterocycles. The summed E-state index contributed by atoms with van der Waals surface area (Å²) in [5.74, 6) is 0.521. The molecule has 2 aromatic rings. The third-order valence-corrected chi connectivity index (χ3v) is 7.89. The lowest BCUT2D eigenvalue weighted by molar-refractivity contribution is 0.241. The second-order valence-electron chi connectivity index (χ2n) is 7.54. The summed E-state index contributed by atoms with van der Waals surface area (Å²) in [6.45, 7) is 2.45. The van der Waals surface area contributed by atoms with E-state index in [-0.39, 0.29) is 23.1 Å². The first kappa shape index (κ1) is 23.9. The van der Waals surface area contributed by atoms with Crippen LogP contribution in [0.3, 0.4) is 0 Å². The molecule has 2 aliphatic heterocycles. The Kier molecular flexibility index (Phi) is 7.59. The summed E-state index contributed by atoms with van der Waals surface area (Å²) in [7, 11) is -3.58. The average Bonchev–Trinajstić information content (AvgIpc) is 2.75. The van der Waals surface area contributed by atoms with E-state index >= 15 is 0 Å². The van der Waals surface area contributed by atoms with Crippen molar-refractivity contribution in [1.82, 2.24) is 14.9 Å². The number of hydrogen-bond acceptors (Lipinski definition) is 5. The maximum absolute atomic E-state index is 14.0. The third-order valence-electron chi connectivity index (χ3n) is 5.73. The minimum Gasteiger partial charge on any atom is -0.368 e. The van der Waals surface area contributed by atoms with Crippen LogP contribution in [-0.4, -0.2) is 50.3 Å². The minimum atomic E-state index is -3.58. The Morgan fingerprint density at radius 1 is 1.13 bits per heavy atom. The van der Waals surface area contributed by atoms with Gasteiger partial charge in [-0.05, 0) is 43.2 Å². The highest BCUT2D eigenvalue weighted by atomic mass is 35.5. The van der Waals surface area contributed by atoms with Gasteiger partial charge in [-0.3, -0.25) is 4.99 Å². The number of piperidine rings is 1. The van der Waals surface area contributed by atoms with Crippen molar-refractivity contribution in [2.24, 2.45) is 4.99 Å². The van der Waals surface area contributed by atoms with Crippen LogP contribution >= 0.6 is 24.0 Å². The van der Waals surface area contributed by atoms with Gasteiger partial charge in [-0.1, -0.05) is 29.8 Å². The molecule has 0 radical (unpaired) electrons. The summed E-state index contributed by atoms with van der Waals surface area (Å²) in [5.41, 5.74) is 0.152. The number of halogens is 3. The van der Waals surface area contributed by atoms with Gasteiger partial charge >= 0.3 is 0 Å². The summed E-state index contributed by atoms with van der Waals surface area (Å²) in [6, 6.07) is 12.9. The Labute approximate surface area is 193 Å². The molecule has 1 fully saturated rings. The SMILES string of the molecule is Cl.O=S(=O)(c1ccc(Cl)cc1)N1CCC2(CC1)NCCN=C2NCc1ccccc1F. The van der Waals surface area contributed by atoms with E-state index in [1.807, 2.05) is 0 Å². The van der Waals surface area contributed by atoms with Gasteiger partial charge in [0, 0.05) is 36.8 Å². The fraction of sp³-hybridized carbons (Fsp3) is 0.381. The predicted molar refractivity (Wildman–Crippen MR) is 123 cm³/mol. The van der Waals surface area contributed by atoms with Crippen LogP contribution in [0.25, 0.3) is 0 Å². The van der Waals surface area contributed by atoms with Crippen LogP contribution in [-0.2, 0) is 16.6 Å². The van der Waals surface area contributed by atoms with Crippen LogP contribution in [0, 0.1) is 5.82 Å². The van der Waals surface area contributed by atoms with Crippen molar-refractivity contribution >= 4 is 39.9 Å². The first-order chi connectivity index (χ1) is 14.4. The first-order valence-corrected chi connectivity index (χ1v) is 11.8. The fourth-order valence-electron chi connectivity index (χ4n) is 4.02. The third kappa shape index (κ3) is 5.04. The van der Waals surface area contributed by atoms with E-state index in [1.54, 1.807) is 30.3 Å². The lowest BCUT2D eigenvalue weighted by Crippen LogP contribution is -2.64. The van der Waals surface area contributed by atoms with Gasteiger partial charge in [-0.25, -0.2) is 12.8 Å². The second-order valence-corrected chi connectivity index (χ2v) is 9.92. The highest BCUT2D eigenvalue weighted by Gasteiger charge is 2.43. The zero-order valence-electron chi connectivity index (χ0n) is 16.9. The molecule has 2 aromatic carbocycles. The predicted octanol–water partition coefficient (Wildman–Crippen LogP) is 3.22. The molecular weight excluding hydrogens is 462 g/mol. The van der Waals surface area contributed by atoms with Crippen LogP contribution in [0.1, 0.15) is 18.4 Å². The molecule has 6 nitrogen and oxygen atoms in total. The average molecular weight is 487 g/mol. The summed E-state index contributed by atoms with van der Waals surface area (Å²) >= 11 is 5.88. The molecule has 4 rings (SSSR count). The van der Waals surface area contributed by atoms with Gasteiger partial charge in [0.05, 0.1) is 17.0 Å². The molecule has 31 heavy (non-hydrogen) atoms. The van der Waals surface area contributed by atoms with Crippen molar-refractivity contribution in [2.75, 3.05) is 26.2 Å². The molecule has 0 saturated carbocycles. The van der Waals surface area contributed by atoms with Gasteiger partial charge in [0.1, 0.15) is 11.7 Å². The summed E-state index contributed by atoms with van der Waals surface area (Å²) in [6.07, 6.45) is 1.17. The van der Waals surface area contributed by atoms with Crippen molar-refractivity contribution in [3.05, 3.63) is 64.9 Å². The number of sulfonamides is 1. The monoisotopic (exact) mass is 486 g/mol. The van der Waals surface area contributed by atoms with Crippen molar-refractivity contribution in [1.29, 1.82) is 0 Å². The van der Waals surface area contributed by atoms with E-state index in [0.29, 0.717) is 49.6 Å². The summed E-state index contributed by atoms with van der Waals surface area (Å²) in [5, 5.41) is 7.32. The van der Waals surface area contributed by atoms with E-state index in [1.165, 1.54) is 22.5 Å². The Morgan fingerprint density at radius 3 is 2.48 bits per heavy atom. The number of aliphatic imine (C=N–C) groups is 1. The van der Waals surface area contributed by atoms with E-state index in [9.17, 15) is 12.8 Å². The topological polar surface area (TPSA) is 73.8 Å². The number of nitrogens with zero attached hydrogens (tertiary/aromatic N) is 2. The molecule has 2 aliphatic rings. The number of rotatable bonds is 4. The van der Waals surface area contributed by atoms with Gasteiger partial charge in [0.15, 0.2) is 0 Å². The Hall–Kier alpha value is -1.71. The zero-order valence-corrected chi connectivity index (χ0v) is 19.2. The first-order valence-electron chi connectivity index (χ1n) is 9.94. The van der Waals surface area contributed by atoms with Crippen LogP contribution < -0.4 is 10.6 Å². The molecule has 2 heterocycles. The molecular formula is C21H25Cl2FN4O2S. The Balaban J connectivity index is 0.00000272. The molecule has 0 atom stereocenters. The maximum atomic E-state index is 14.0. The van der Waals surface area contributed by atoms with E-state index in [2.05, 4.69) is 15.6 Å². The molecule has 0 aliphatic carbocycles.